The standard InChI is InChI=1S/C23H34N2O3/c1-16(2)17-3-4-22-21(13-17)24-23(26)14-18-5-9-25(15-19(18)6-12-28-22)20-7-10-27-11-8-20/h3-4,13,16,18-20H,5-12,14-15H2,1-2H3,(H,24,26)/t18-,19-/m0/s1. The number of amides is 1. The van der Waals surface area contributed by atoms with Gasteiger partial charge in [-0.1, -0.05) is 19.9 Å². The number of ether oxygens (including phenoxy) is 2. The lowest BCUT2D eigenvalue weighted by molar-refractivity contribution is -0.118. The number of piperidine rings is 1. The largest absolute Gasteiger partial charge is 0.491 e. The molecule has 0 spiro atoms. The number of likely N-dealkylation sites (tertiary alicyclic amines) is 1. The summed E-state index contributed by atoms with van der Waals surface area (Å²) < 4.78 is 11.7. The van der Waals surface area contributed by atoms with Gasteiger partial charge in [-0.3, -0.25) is 9.69 Å². The fourth-order valence-corrected chi connectivity index (χ4v) is 4.98. The quantitative estimate of drug-likeness (QED) is 0.833. The molecule has 0 aliphatic carbocycles. The number of rotatable bonds is 2. The number of carbonyl (C=O) groups excluding carboxylic acids is 1. The van der Waals surface area contributed by atoms with Crippen LogP contribution in [0, 0.1) is 11.8 Å². The number of hydrogen-bond donors (Lipinski definition) is 1. The molecule has 28 heavy (non-hydrogen) atoms. The van der Waals surface area contributed by atoms with Crippen LogP contribution in [0.5, 0.6) is 5.75 Å². The summed E-state index contributed by atoms with van der Waals surface area (Å²) in [6.45, 7) is 9.01. The topological polar surface area (TPSA) is 50.8 Å². The second-order valence-corrected chi connectivity index (χ2v) is 8.95. The Bertz CT molecular complexity index is 684. The molecule has 2 fully saturated rings. The minimum Gasteiger partial charge on any atom is -0.491 e. The fourth-order valence-electron chi connectivity index (χ4n) is 4.98. The van der Waals surface area contributed by atoms with Crippen molar-refractivity contribution in [2.24, 2.45) is 11.8 Å². The highest BCUT2D eigenvalue weighted by Crippen LogP contribution is 2.35. The molecule has 0 radical (unpaired) electrons. The molecule has 0 unspecified atom stereocenters. The summed E-state index contributed by atoms with van der Waals surface area (Å²) in [5, 5.41) is 3.14. The van der Waals surface area contributed by atoms with Gasteiger partial charge in [-0.25, -0.2) is 0 Å². The molecule has 5 nitrogen and oxygen atoms in total. The molecule has 3 heterocycles. The molecule has 0 bridgehead atoms. The van der Waals surface area contributed by atoms with E-state index in [-0.39, 0.29) is 5.91 Å². The van der Waals surface area contributed by atoms with Gasteiger partial charge in [0.05, 0.1) is 12.3 Å². The van der Waals surface area contributed by atoms with Gasteiger partial charge in [0, 0.05) is 32.2 Å². The molecule has 5 heteroatoms. The van der Waals surface area contributed by atoms with Gasteiger partial charge in [0.2, 0.25) is 5.91 Å². The van der Waals surface area contributed by atoms with Gasteiger partial charge in [0.15, 0.2) is 0 Å². The van der Waals surface area contributed by atoms with Gasteiger partial charge in [0.25, 0.3) is 0 Å². The summed E-state index contributed by atoms with van der Waals surface area (Å²) in [6, 6.07) is 6.84. The van der Waals surface area contributed by atoms with Crippen LogP contribution in [-0.4, -0.2) is 49.8 Å². The van der Waals surface area contributed by atoms with E-state index in [4.69, 9.17) is 9.47 Å². The lowest BCUT2D eigenvalue weighted by atomic mass is 9.80. The first-order valence-electron chi connectivity index (χ1n) is 11.0. The Kier molecular flexibility index (Phi) is 6.22. The average Bonchev–Trinajstić information content (AvgIpc) is 2.70. The number of hydrogen-bond acceptors (Lipinski definition) is 4. The van der Waals surface area contributed by atoms with Crippen molar-refractivity contribution < 1.29 is 14.3 Å². The first-order valence-corrected chi connectivity index (χ1v) is 11.0. The molecule has 0 saturated carbocycles. The maximum atomic E-state index is 12.8. The van der Waals surface area contributed by atoms with Crippen LogP contribution in [-0.2, 0) is 9.53 Å². The van der Waals surface area contributed by atoms with Gasteiger partial charge >= 0.3 is 0 Å². The number of nitrogens with one attached hydrogen (secondary N) is 1. The second-order valence-electron chi connectivity index (χ2n) is 8.95. The van der Waals surface area contributed by atoms with Crippen LogP contribution >= 0.6 is 0 Å². The predicted molar refractivity (Wildman–Crippen MR) is 111 cm³/mol. The van der Waals surface area contributed by atoms with Gasteiger partial charge in [0.1, 0.15) is 5.75 Å². The predicted octanol–water partition coefficient (Wildman–Crippen LogP) is 4.04. The van der Waals surface area contributed by atoms with Crippen LogP contribution in [0.25, 0.3) is 0 Å². The van der Waals surface area contributed by atoms with E-state index in [1.165, 1.54) is 5.56 Å². The maximum Gasteiger partial charge on any atom is 0.224 e. The highest BCUT2D eigenvalue weighted by molar-refractivity contribution is 5.92. The molecule has 3 aliphatic rings. The summed E-state index contributed by atoms with van der Waals surface area (Å²) in [7, 11) is 0. The average molecular weight is 387 g/mol. The zero-order valence-corrected chi connectivity index (χ0v) is 17.3. The molecule has 1 aromatic carbocycles. The van der Waals surface area contributed by atoms with Gasteiger partial charge in [-0.15, -0.1) is 0 Å². The first-order chi connectivity index (χ1) is 13.6. The van der Waals surface area contributed by atoms with Crippen molar-refractivity contribution in [2.45, 2.75) is 57.9 Å². The zero-order chi connectivity index (χ0) is 19.5. The van der Waals surface area contributed by atoms with Crippen LogP contribution in [0.1, 0.15) is 57.4 Å². The van der Waals surface area contributed by atoms with E-state index >= 15 is 0 Å². The molecule has 2 saturated heterocycles. The first kappa shape index (κ1) is 19.7. The van der Waals surface area contributed by atoms with Crippen molar-refractivity contribution in [1.29, 1.82) is 0 Å². The highest BCUT2D eigenvalue weighted by Gasteiger charge is 2.34. The van der Waals surface area contributed by atoms with Crippen molar-refractivity contribution in [3.63, 3.8) is 0 Å². The van der Waals surface area contributed by atoms with Gasteiger partial charge in [-0.05, 0) is 67.7 Å². The maximum absolute atomic E-state index is 12.8. The number of carbonyl (C=O) groups is 1. The molecular weight excluding hydrogens is 352 g/mol. The Hall–Kier alpha value is -1.59. The minimum absolute atomic E-state index is 0.127. The van der Waals surface area contributed by atoms with E-state index < -0.39 is 0 Å². The lowest BCUT2D eigenvalue weighted by Crippen LogP contribution is -2.48. The van der Waals surface area contributed by atoms with Crippen LogP contribution in [0.15, 0.2) is 18.2 Å². The monoisotopic (exact) mass is 386 g/mol. The summed E-state index contributed by atoms with van der Waals surface area (Å²) >= 11 is 0. The summed E-state index contributed by atoms with van der Waals surface area (Å²) in [5.41, 5.74) is 2.05. The number of anilines is 1. The van der Waals surface area contributed by atoms with Crippen molar-refractivity contribution in [3.8, 4) is 5.75 Å². The minimum atomic E-state index is 0.127. The molecule has 0 aromatic heterocycles. The molecule has 154 valence electrons. The fraction of sp³-hybridized carbons (Fsp3) is 0.696. The van der Waals surface area contributed by atoms with E-state index in [0.29, 0.717) is 36.8 Å². The molecule has 2 atom stereocenters. The third-order valence-electron chi connectivity index (χ3n) is 6.77. The number of nitrogens with zero attached hydrogens (tertiary/aromatic N) is 1. The summed E-state index contributed by atoms with van der Waals surface area (Å²) in [6.07, 6.45) is 5.02. The lowest BCUT2D eigenvalue weighted by Gasteiger charge is -2.43. The third kappa shape index (κ3) is 4.52. The van der Waals surface area contributed by atoms with Gasteiger partial charge in [-0.2, -0.15) is 0 Å². The second kappa shape index (κ2) is 8.83. The Morgan fingerprint density at radius 1 is 1.07 bits per heavy atom. The summed E-state index contributed by atoms with van der Waals surface area (Å²) in [5.74, 6) is 2.33. The molecular formula is C23H34N2O3. The normalized spacial score (nSPS) is 27.5. The number of benzene rings is 1. The van der Waals surface area contributed by atoms with Crippen LogP contribution in [0.3, 0.4) is 0 Å². The smallest absolute Gasteiger partial charge is 0.224 e. The van der Waals surface area contributed by atoms with Crippen molar-refractivity contribution in [3.05, 3.63) is 23.8 Å². The molecule has 1 aromatic rings. The molecule has 1 amide bonds. The Labute approximate surface area is 168 Å². The zero-order valence-electron chi connectivity index (χ0n) is 17.3. The van der Waals surface area contributed by atoms with Crippen molar-refractivity contribution in [2.75, 3.05) is 38.2 Å². The highest BCUT2D eigenvalue weighted by atomic mass is 16.5. The third-order valence-corrected chi connectivity index (χ3v) is 6.77. The van der Waals surface area contributed by atoms with Crippen molar-refractivity contribution in [1.82, 2.24) is 4.90 Å². The number of fused-ring (bicyclic) bond motifs is 2. The molecule has 1 N–H and O–H groups in total. The van der Waals surface area contributed by atoms with E-state index in [1.54, 1.807) is 0 Å². The Morgan fingerprint density at radius 2 is 1.89 bits per heavy atom. The van der Waals surface area contributed by atoms with Crippen LogP contribution < -0.4 is 10.1 Å². The van der Waals surface area contributed by atoms with E-state index in [0.717, 1.165) is 63.4 Å². The summed E-state index contributed by atoms with van der Waals surface area (Å²) in [4.78, 5) is 15.4. The van der Waals surface area contributed by atoms with E-state index in [9.17, 15) is 4.79 Å². The SMILES string of the molecule is CC(C)c1ccc2c(c1)NC(=O)C[C@@H]1CCN(C3CCOCC3)C[C@@H]1CCO2. The van der Waals surface area contributed by atoms with E-state index in [1.807, 2.05) is 6.07 Å². The Morgan fingerprint density at radius 3 is 2.68 bits per heavy atom. The van der Waals surface area contributed by atoms with Crippen LogP contribution in [0.4, 0.5) is 5.69 Å². The molecule has 3 aliphatic heterocycles. The van der Waals surface area contributed by atoms with Gasteiger partial charge < -0.3 is 14.8 Å². The Balaban J connectivity index is 1.46. The van der Waals surface area contributed by atoms with Crippen molar-refractivity contribution >= 4 is 11.6 Å². The molecule has 4 rings (SSSR count). The van der Waals surface area contributed by atoms with Crippen LogP contribution in [0.2, 0.25) is 0 Å². The van der Waals surface area contributed by atoms with E-state index in [2.05, 4.69) is 36.2 Å².